The molecule has 0 aliphatic carbocycles. The third-order valence-electron chi connectivity index (χ3n) is 5.15. The summed E-state index contributed by atoms with van der Waals surface area (Å²) in [5.41, 5.74) is 0.984. The highest BCUT2D eigenvalue weighted by molar-refractivity contribution is 4.89. The lowest BCUT2D eigenvalue weighted by molar-refractivity contribution is 0.206. The Morgan fingerprint density at radius 1 is 1.22 bits per heavy atom. The van der Waals surface area contributed by atoms with E-state index in [-0.39, 0.29) is 0 Å². The van der Waals surface area contributed by atoms with Crippen LogP contribution in [0.3, 0.4) is 0 Å². The molecular formula is C16H34N2. The van der Waals surface area contributed by atoms with Crippen LogP contribution in [0.2, 0.25) is 0 Å². The van der Waals surface area contributed by atoms with Gasteiger partial charge in [0, 0.05) is 12.6 Å². The molecule has 0 bridgehead atoms. The van der Waals surface area contributed by atoms with Gasteiger partial charge < -0.3 is 10.2 Å². The lowest BCUT2D eigenvalue weighted by Crippen LogP contribution is -2.41. The number of hydrogen-bond acceptors (Lipinski definition) is 2. The summed E-state index contributed by atoms with van der Waals surface area (Å²) in [6, 6.07) is 0.621. The van der Waals surface area contributed by atoms with Crippen LogP contribution in [0, 0.1) is 10.8 Å². The van der Waals surface area contributed by atoms with E-state index in [1.807, 2.05) is 0 Å². The lowest BCUT2D eigenvalue weighted by atomic mass is 9.82. The van der Waals surface area contributed by atoms with Crippen molar-refractivity contribution in [2.75, 3.05) is 26.7 Å². The molecule has 0 aromatic rings. The van der Waals surface area contributed by atoms with Gasteiger partial charge in [-0.25, -0.2) is 0 Å². The molecule has 2 heteroatoms. The summed E-state index contributed by atoms with van der Waals surface area (Å²) in [4.78, 5) is 2.68. The average molecular weight is 254 g/mol. The van der Waals surface area contributed by atoms with Crippen molar-refractivity contribution < 1.29 is 0 Å². The van der Waals surface area contributed by atoms with Crippen LogP contribution in [0.5, 0.6) is 0 Å². The molecule has 2 nitrogen and oxygen atoms in total. The maximum atomic E-state index is 3.49. The van der Waals surface area contributed by atoms with E-state index in [0.29, 0.717) is 16.9 Å². The Bertz CT molecular complexity index is 238. The first-order valence-electron chi connectivity index (χ1n) is 7.76. The normalized spacial score (nSPS) is 22.3. The smallest absolute Gasteiger partial charge is 0.0125 e. The van der Waals surface area contributed by atoms with Gasteiger partial charge in [0.2, 0.25) is 0 Å². The number of nitrogens with zero attached hydrogens (tertiary/aromatic N) is 1. The van der Waals surface area contributed by atoms with Crippen LogP contribution in [-0.4, -0.2) is 37.6 Å². The molecule has 18 heavy (non-hydrogen) atoms. The van der Waals surface area contributed by atoms with E-state index in [1.165, 1.54) is 45.3 Å². The van der Waals surface area contributed by atoms with Crippen LogP contribution in [0.4, 0.5) is 0 Å². The second-order valence-electron chi connectivity index (χ2n) is 7.23. The fraction of sp³-hybridized carbons (Fsp3) is 1.00. The molecule has 1 aliphatic heterocycles. The van der Waals surface area contributed by atoms with Gasteiger partial charge >= 0.3 is 0 Å². The lowest BCUT2D eigenvalue weighted by Gasteiger charge is -2.32. The molecule has 108 valence electrons. The highest BCUT2D eigenvalue weighted by Crippen LogP contribution is 2.37. The van der Waals surface area contributed by atoms with E-state index in [9.17, 15) is 0 Å². The van der Waals surface area contributed by atoms with Gasteiger partial charge in [0.15, 0.2) is 0 Å². The first-order valence-corrected chi connectivity index (χ1v) is 7.76. The third kappa shape index (κ3) is 3.96. The molecule has 0 saturated carbocycles. The molecule has 0 amide bonds. The minimum absolute atomic E-state index is 0.362. The van der Waals surface area contributed by atoms with Crippen LogP contribution in [-0.2, 0) is 0 Å². The van der Waals surface area contributed by atoms with Gasteiger partial charge in [-0.05, 0) is 56.7 Å². The molecule has 1 atom stereocenters. The largest absolute Gasteiger partial charge is 0.316 e. The minimum atomic E-state index is 0.362. The third-order valence-corrected chi connectivity index (χ3v) is 5.15. The van der Waals surface area contributed by atoms with Gasteiger partial charge in [-0.3, -0.25) is 0 Å². The second kappa shape index (κ2) is 6.38. The van der Waals surface area contributed by atoms with Gasteiger partial charge in [-0.2, -0.15) is 0 Å². The van der Waals surface area contributed by atoms with Crippen LogP contribution >= 0.6 is 0 Å². The van der Waals surface area contributed by atoms with Crippen LogP contribution < -0.4 is 5.32 Å². The van der Waals surface area contributed by atoms with Crippen molar-refractivity contribution in [3.05, 3.63) is 0 Å². The Hall–Kier alpha value is -0.0800. The Morgan fingerprint density at radius 2 is 1.83 bits per heavy atom. The van der Waals surface area contributed by atoms with Gasteiger partial charge in [0.25, 0.3) is 0 Å². The summed E-state index contributed by atoms with van der Waals surface area (Å²) in [6.07, 6.45) is 5.35. The zero-order chi connectivity index (χ0) is 13.8. The maximum absolute atomic E-state index is 3.49. The van der Waals surface area contributed by atoms with E-state index >= 15 is 0 Å². The van der Waals surface area contributed by atoms with Crippen molar-refractivity contribution in [3.63, 3.8) is 0 Å². The monoisotopic (exact) mass is 254 g/mol. The Balaban J connectivity index is 2.42. The second-order valence-corrected chi connectivity index (χ2v) is 7.23. The van der Waals surface area contributed by atoms with Crippen LogP contribution in [0.1, 0.15) is 60.3 Å². The van der Waals surface area contributed by atoms with Crippen molar-refractivity contribution in [2.24, 2.45) is 10.8 Å². The molecule has 0 aromatic heterocycles. The SMILES string of the molecule is CCC1(CC)CCN(CCC(NC)C(C)(C)C)C1. The fourth-order valence-electron chi connectivity index (χ4n) is 3.37. The Morgan fingerprint density at radius 3 is 2.22 bits per heavy atom. The van der Waals surface area contributed by atoms with E-state index in [0.717, 1.165) is 0 Å². The standard InChI is InChI=1S/C16H34N2/c1-7-16(8-2)10-12-18(13-16)11-9-14(17-6)15(3,4)5/h14,17H,7-13H2,1-6H3. The number of nitrogens with one attached hydrogen (secondary N) is 1. The molecule has 1 saturated heterocycles. The van der Waals surface area contributed by atoms with E-state index in [1.54, 1.807) is 0 Å². The summed E-state index contributed by atoms with van der Waals surface area (Å²) in [6.45, 7) is 15.6. The molecule has 0 aromatic carbocycles. The first-order chi connectivity index (χ1) is 8.37. The maximum Gasteiger partial charge on any atom is 0.0125 e. The quantitative estimate of drug-likeness (QED) is 0.780. The summed E-state index contributed by atoms with van der Waals surface area (Å²) in [5.74, 6) is 0. The highest BCUT2D eigenvalue weighted by atomic mass is 15.2. The predicted molar refractivity (Wildman–Crippen MR) is 81.0 cm³/mol. The Kier molecular flexibility index (Phi) is 5.67. The summed E-state index contributed by atoms with van der Waals surface area (Å²) < 4.78 is 0. The molecule has 1 N–H and O–H groups in total. The number of likely N-dealkylation sites (tertiary alicyclic amines) is 1. The molecular weight excluding hydrogens is 220 g/mol. The average Bonchev–Trinajstić information content (AvgIpc) is 2.72. The predicted octanol–water partition coefficient (Wildman–Crippen LogP) is 3.52. The van der Waals surface area contributed by atoms with Gasteiger partial charge in [0.05, 0.1) is 0 Å². The van der Waals surface area contributed by atoms with Gasteiger partial charge in [0.1, 0.15) is 0 Å². The summed E-state index contributed by atoms with van der Waals surface area (Å²) in [5, 5.41) is 3.49. The van der Waals surface area contributed by atoms with E-state index in [4.69, 9.17) is 0 Å². The van der Waals surface area contributed by atoms with Crippen LogP contribution in [0.25, 0.3) is 0 Å². The summed E-state index contributed by atoms with van der Waals surface area (Å²) >= 11 is 0. The van der Waals surface area contributed by atoms with Gasteiger partial charge in [-0.15, -0.1) is 0 Å². The van der Waals surface area contributed by atoms with Crippen LogP contribution in [0.15, 0.2) is 0 Å². The number of hydrogen-bond donors (Lipinski definition) is 1. The van der Waals surface area contributed by atoms with Crippen molar-refractivity contribution >= 4 is 0 Å². The zero-order valence-electron chi connectivity index (χ0n) is 13.5. The number of rotatable bonds is 6. The van der Waals surface area contributed by atoms with Crippen molar-refractivity contribution in [2.45, 2.75) is 66.3 Å². The zero-order valence-corrected chi connectivity index (χ0v) is 13.5. The Labute approximate surface area is 115 Å². The molecule has 0 spiro atoms. The molecule has 1 fully saturated rings. The fourth-order valence-corrected chi connectivity index (χ4v) is 3.37. The minimum Gasteiger partial charge on any atom is -0.316 e. The molecule has 1 unspecified atom stereocenters. The molecule has 1 rings (SSSR count). The van der Waals surface area contributed by atoms with E-state index in [2.05, 4.69) is 51.9 Å². The van der Waals surface area contributed by atoms with Crippen molar-refractivity contribution in [1.82, 2.24) is 10.2 Å². The van der Waals surface area contributed by atoms with Crippen molar-refractivity contribution in [1.29, 1.82) is 0 Å². The topological polar surface area (TPSA) is 15.3 Å². The molecule has 1 heterocycles. The van der Waals surface area contributed by atoms with E-state index < -0.39 is 0 Å². The molecule has 1 aliphatic rings. The molecule has 0 radical (unpaired) electrons. The summed E-state index contributed by atoms with van der Waals surface area (Å²) in [7, 11) is 2.10. The first kappa shape index (κ1) is 16.0. The van der Waals surface area contributed by atoms with Gasteiger partial charge in [-0.1, -0.05) is 34.6 Å². The van der Waals surface area contributed by atoms with Crippen molar-refractivity contribution in [3.8, 4) is 0 Å². The highest BCUT2D eigenvalue weighted by Gasteiger charge is 2.35.